The van der Waals surface area contributed by atoms with Gasteiger partial charge in [0.1, 0.15) is 10.5 Å². The Morgan fingerprint density at radius 2 is 0.973 bits per heavy atom. The number of hydrogen-bond donors (Lipinski definition) is 0. The first kappa shape index (κ1) is 46.9. The van der Waals surface area contributed by atoms with Crippen molar-refractivity contribution in [3.63, 3.8) is 0 Å². The number of rotatable bonds is 16. The predicted molar refractivity (Wildman–Crippen MR) is 92.4 cm³/mol. The normalized spacial score (nSPS) is 13.6. The third kappa shape index (κ3) is 16.0. The quantitative estimate of drug-likeness (QED) is 0.157. The molecule has 0 heterocycles. The summed E-state index contributed by atoms with van der Waals surface area (Å²) in [7, 11) is -20.1. The van der Waals surface area contributed by atoms with Crippen molar-refractivity contribution in [3.8, 4) is 0 Å². The molecule has 0 aliphatic heterocycles. The van der Waals surface area contributed by atoms with E-state index >= 15 is 0 Å². The van der Waals surface area contributed by atoms with Crippen LogP contribution < -0.4 is 95.9 Å². The van der Waals surface area contributed by atoms with Crippen molar-refractivity contribution in [1.29, 1.82) is 0 Å². The Morgan fingerprint density at radius 1 is 0.649 bits per heavy atom. The number of carboxylic acids is 4. The van der Waals surface area contributed by atoms with Crippen LogP contribution in [0.5, 0.6) is 0 Å². The largest absolute Gasteiger partial charge is 1.00 e. The van der Waals surface area contributed by atoms with Crippen LogP contribution in [0, 0.1) is 0 Å². The van der Waals surface area contributed by atoms with E-state index in [1.165, 1.54) is 0 Å². The van der Waals surface area contributed by atoms with Crippen LogP contribution >= 0.6 is 0 Å². The van der Waals surface area contributed by atoms with Crippen LogP contribution in [0.1, 0.15) is 33.1 Å². The third-order valence-electron chi connectivity index (χ3n) is 3.53. The second-order valence-corrected chi connectivity index (χ2v) is 11.5. The van der Waals surface area contributed by atoms with Crippen LogP contribution in [0.3, 0.4) is 0 Å². The van der Waals surface area contributed by atoms with Gasteiger partial charge in [-0.2, -0.15) is 16.8 Å². The average Bonchev–Trinajstić information content (AvgIpc) is 2.56. The summed E-state index contributed by atoms with van der Waals surface area (Å²) in [4.78, 5) is 43.1. The summed E-state index contributed by atoms with van der Waals surface area (Å²) >= 11 is 0. The van der Waals surface area contributed by atoms with E-state index in [1.54, 1.807) is 0 Å². The van der Waals surface area contributed by atoms with E-state index in [2.05, 4.69) is 12.3 Å². The van der Waals surface area contributed by atoms with Crippen molar-refractivity contribution in [2.45, 2.75) is 48.9 Å². The van der Waals surface area contributed by atoms with Gasteiger partial charge in [0, 0.05) is 24.8 Å². The molecule has 3 unspecified atom stereocenters. The topological polar surface area (TPSA) is 291 Å². The van der Waals surface area contributed by atoms with Gasteiger partial charge in [-0.05, 0) is 13.3 Å². The zero-order valence-corrected chi connectivity index (χ0v) is 23.0. The van der Waals surface area contributed by atoms with Crippen LogP contribution in [0.25, 0.3) is 0 Å². The summed E-state index contributed by atoms with van der Waals surface area (Å²) in [6, 6.07) is 0. The summed E-state index contributed by atoms with van der Waals surface area (Å²) in [5.74, 6) is -9.09. The van der Waals surface area contributed by atoms with Crippen LogP contribution in [0.15, 0.2) is 0 Å². The van der Waals surface area contributed by atoms with Crippen molar-refractivity contribution < 1.29 is 153 Å². The molecule has 0 aliphatic carbocycles. The first-order valence-corrected chi connectivity index (χ1v) is 12.8. The first-order chi connectivity index (χ1) is 14.8. The van der Waals surface area contributed by atoms with Gasteiger partial charge >= 0.3 is 82.8 Å². The molecule has 0 saturated heterocycles. The second kappa shape index (κ2) is 19.2. The van der Waals surface area contributed by atoms with Gasteiger partial charge in [-0.25, -0.2) is 8.42 Å². The molecule has 3 atom stereocenters. The van der Waals surface area contributed by atoms with E-state index in [0.717, 1.165) is 6.92 Å². The van der Waals surface area contributed by atoms with Gasteiger partial charge in [-0.3, -0.25) is 12.3 Å². The Morgan fingerprint density at radius 3 is 1.27 bits per heavy atom. The molecular formula is C12H15BLi4O17S3. The monoisotopic (exact) mass is 566 g/mol. The van der Waals surface area contributed by atoms with Gasteiger partial charge in [0.25, 0.3) is 30.4 Å². The maximum atomic E-state index is 12.1. The Labute approximate surface area is 261 Å². The Kier molecular flexibility index (Phi) is 24.3. The van der Waals surface area contributed by atoms with E-state index in [9.17, 15) is 64.9 Å². The third-order valence-corrected chi connectivity index (χ3v) is 8.24. The maximum Gasteiger partial charge on any atom is 1.00 e. The number of carbonyl (C=O) groups is 4. The minimum atomic E-state index is -5.82. The van der Waals surface area contributed by atoms with E-state index in [4.69, 9.17) is 0 Å². The smallest absolute Gasteiger partial charge is 0.550 e. The molecule has 25 heteroatoms. The van der Waals surface area contributed by atoms with Gasteiger partial charge in [-0.1, -0.05) is 6.92 Å². The molecule has 0 amide bonds. The molecular weight excluding hydrogens is 551 g/mol. The predicted octanol–water partition coefficient (Wildman–Crippen LogP) is -19.7. The van der Waals surface area contributed by atoms with Crippen LogP contribution in [-0.4, -0.2) is 72.2 Å². The van der Waals surface area contributed by atoms with Crippen LogP contribution in [0.4, 0.5) is 0 Å². The standard InChI is InChI=1S/C12H19BO17S3.4Li/c1-3-7(11(18)19)32(24,25)29-13(28-31(22,23)6(2)4-9(14)15)30-33(26,27)8(12(20)21)5-10(16)17;;;;/h6-8H,3-5H2,1-2H3,(H,14,15)(H,16,17)(H,18,19)(H,20,21);;;;/q;4*+1/p-4. The molecule has 0 aromatic carbocycles. The Bertz CT molecular complexity index is 1090. The molecule has 0 aliphatic rings. The van der Waals surface area contributed by atoms with E-state index in [1.807, 2.05) is 0 Å². The van der Waals surface area contributed by atoms with Crippen LogP contribution in [0.2, 0.25) is 0 Å². The molecule has 0 spiro atoms. The molecule has 190 valence electrons. The molecule has 0 N–H and O–H groups in total. The summed E-state index contributed by atoms with van der Waals surface area (Å²) in [5.41, 5.74) is 0. The van der Waals surface area contributed by atoms with E-state index < -0.39 is 96.6 Å². The number of hydrogen-bond acceptors (Lipinski definition) is 17. The van der Waals surface area contributed by atoms with Crippen LogP contribution in [-0.2, 0) is 61.8 Å². The number of carbonyl (C=O) groups excluding carboxylic acids is 4. The minimum absolute atomic E-state index is 0. The Balaban J connectivity index is -0.000000853. The molecule has 0 fully saturated rings. The fraction of sp³-hybridized carbons (Fsp3) is 0.667. The van der Waals surface area contributed by atoms with Crippen molar-refractivity contribution in [1.82, 2.24) is 0 Å². The molecule has 0 bridgehead atoms. The summed E-state index contributed by atoms with van der Waals surface area (Å²) < 4.78 is 84.6. The molecule has 17 nitrogen and oxygen atoms in total. The molecule has 0 rings (SSSR count). The molecule has 37 heavy (non-hydrogen) atoms. The van der Waals surface area contributed by atoms with Crippen molar-refractivity contribution >= 4 is 61.6 Å². The first-order valence-electron chi connectivity index (χ1n) is 8.34. The number of aliphatic carboxylic acids is 4. The fourth-order valence-electron chi connectivity index (χ4n) is 1.89. The van der Waals surface area contributed by atoms with E-state index in [0.29, 0.717) is 6.92 Å². The maximum absolute atomic E-state index is 12.1. The molecule has 0 radical (unpaired) electrons. The molecule has 0 saturated carbocycles. The SMILES string of the molecule is CCC(C(=O)[O-])S(=O)(=O)OB(OS(=O)(=O)C(C)CC(=O)[O-])OS(=O)(=O)C(CC(=O)[O-])C(=O)[O-].[Li+].[Li+].[Li+].[Li+]. The van der Waals surface area contributed by atoms with Gasteiger partial charge < -0.3 is 39.6 Å². The summed E-state index contributed by atoms with van der Waals surface area (Å²) in [6.45, 7) is 1.67. The summed E-state index contributed by atoms with van der Waals surface area (Å²) in [6.07, 6.45) is -3.84. The van der Waals surface area contributed by atoms with Crippen molar-refractivity contribution in [3.05, 3.63) is 0 Å². The minimum Gasteiger partial charge on any atom is -0.550 e. The zero-order chi connectivity index (χ0) is 26.4. The summed E-state index contributed by atoms with van der Waals surface area (Å²) in [5, 5.41) is 35.4. The van der Waals surface area contributed by atoms with Gasteiger partial charge in [0.05, 0.1) is 17.2 Å². The Hall–Kier alpha value is 0.0645. The van der Waals surface area contributed by atoms with Gasteiger partial charge in [-0.15, -0.1) is 0 Å². The van der Waals surface area contributed by atoms with E-state index in [-0.39, 0.29) is 75.4 Å². The van der Waals surface area contributed by atoms with Gasteiger partial charge in [0.2, 0.25) is 0 Å². The zero-order valence-electron chi connectivity index (χ0n) is 20.6. The number of carboxylic acid groups (broad SMARTS) is 4. The molecule has 0 aromatic heterocycles. The van der Waals surface area contributed by atoms with Crippen molar-refractivity contribution in [2.24, 2.45) is 0 Å². The van der Waals surface area contributed by atoms with Crippen molar-refractivity contribution in [2.75, 3.05) is 0 Å². The fourth-order valence-corrected chi connectivity index (χ4v) is 4.95. The molecule has 0 aromatic rings. The van der Waals surface area contributed by atoms with Gasteiger partial charge in [0.15, 0.2) is 0 Å². The average molecular weight is 566 g/mol. The second-order valence-electron chi connectivity index (χ2n) is 6.04.